The lowest BCUT2D eigenvalue weighted by Gasteiger charge is -2.28. The van der Waals surface area contributed by atoms with Gasteiger partial charge in [-0.2, -0.15) is 5.26 Å². The molecule has 1 heteroatoms. The first kappa shape index (κ1) is 8.97. The Morgan fingerprint density at radius 2 is 2.07 bits per heavy atom. The fourth-order valence-corrected chi connectivity index (χ4v) is 3.00. The van der Waals surface area contributed by atoms with Crippen LogP contribution in [0.4, 0.5) is 0 Å². The van der Waals surface area contributed by atoms with Crippen LogP contribution in [-0.2, 0) is 6.42 Å². The first-order chi connectivity index (χ1) is 7.36. The third kappa shape index (κ3) is 1.28. The predicted octanol–water partition coefficient (Wildman–Crippen LogP) is 3.41. The molecule has 3 rings (SSSR count). The number of benzene rings is 1. The van der Waals surface area contributed by atoms with E-state index in [9.17, 15) is 5.26 Å². The summed E-state index contributed by atoms with van der Waals surface area (Å²) in [4.78, 5) is 0. The van der Waals surface area contributed by atoms with Crippen LogP contribution in [0.5, 0.6) is 0 Å². The number of aryl methyl sites for hydroxylation is 1. The number of hydrogen-bond donors (Lipinski definition) is 0. The number of nitrogens with zero attached hydrogens (tertiary/aromatic N) is 1. The summed E-state index contributed by atoms with van der Waals surface area (Å²) >= 11 is 0. The second kappa shape index (κ2) is 3.10. The van der Waals surface area contributed by atoms with Gasteiger partial charge in [0.25, 0.3) is 0 Å². The van der Waals surface area contributed by atoms with E-state index in [0.717, 1.165) is 12.8 Å². The minimum atomic E-state index is 0.0104. The molecule has 1 aromatic carbocycles. The zero-order valence-corrected chi connectivity index (χ0v) is 8.87. The Morgan fingerprint density at radius 3 is 2.80 bits per heavy atom. The highest BCUT2D eigenvalue weighted by molar-refractivity contribution is 5.37. The third-order valence-corrected chi connectivity index (χ3v) is 4.05. The van der Waals surface area contributed by atoms with Crippen molar-refractivity contribution >= 4 is 0 Å². The van der Waals surface area contributed by atoms with Crippen molar-refractivity contribution in [3.63, 3.8) is 0 Å². The van der Waals surface area contributed by atoms with E-state index in [-0.39, 0.29) is 5.41 Å². The lowest BCUT2D eigenvalue weighted by molar-refractivity contribution is 0.434. The fraction of sp³-hybridized carbons (Fsp3) is 0.500. The molecule has 0 aliphatic heterocycles. The quantitative estimate of drug-likeness (QED) is 0.676. The highest BCUT2D eigenvalue weighted by Crippen LogP contribution is 2.58. The minimum absolute atomic E-state index is 0.0104. The van der Waals surface area contributed by atoms with Crippen molar-refractivity contribution in [3.8, 4) is 6.07 Å². The Bertz CT molecular complexity index is 423. The van der Waals surface area contributed by atoms with Crippen molar-refractivity contribution in [1.29, 1.82) is 5.26 Å². The Kier molecular flexibility index (Phi) is 1.85. The molecule has 0 amide bonds. The number of hydrogen-bond acceptors (Lipinski definition) is 1. The van der Waals surface area contributed by atoms with Crippen LogP contribution < -0.4 is 0 Å². The summed E-state index contributed by atoms with van der Waals surface area (Å²) < 4.78 is 0. The maximum Gasteiger partial charge on any atom is 0.0696 e. The van der Waals surface area contributed by atoms with Crippen LogP contribution in [0.2, 0.25) is 0 Å². The van der Waals surface area contributed by atoms with Gasteiger partial charge >= 0.3 is 0 Å². The molecular formula is C14H15N. The summed E-state index contributed by atoms with van der Waals surface area (Å²) in [5, 5.41) is 9.28. The molecule has 15 heavy (non-hydrogen) atoms. The molecule has 0 N–H and O–H groups in total. The molecule has 0 heterocycles. The van der Waals surface area contributed by atoms with E-state index in [1.165, 1.54) is 30.4 Å². The van der Waals surface area contributed by atoms with Crippen LogP contribution >= 0.6 is 0 Å². The molecule has 1 fully saturated rings. The van der Waals surface area contributed by atoms with Crippen molar-refractivity contribution in [2.75, 3.05) is 0 Å². The van der Waals surface area contributed by atoms with Gasteiger partial charge in [0.2, 0.25) is 0 Å². The summed E-state index contributed by atoms with van der Waals surface area (Å²) in [6.45, 7) is 0. The van der Waals surface area contributed by atoms with Gasteiger partial charge in [-0.1, -0.05) is 24.3 Å². The van der Waals surface area contributed by atoms with Gasteiger partial charge < -0.3 is 0 Å². The molecule has 2 aliphatic carbocycles. The van der Waals surface area contributed by atoms with Gasteiger partial charge in [-0.3, -0.25) is 0 Å². The fourth-order valence-electron chi connectivity index (χ4n) is 3.00. The standard InChI is InChI=1S/C14H15N/c15-10-14(8-9-14)13-7-3-5-11-4-1-2-6-12(11)13/h1-2,4,6,13H,3,5,7-9H2. The van der Waals surface area contributed by atoms with Crippen LogP contribution in [0.15, 0.2) is 24.3 Å². The Balaban J connectivity index is 2.04. The molecule has 0 aromatic heterocycles. The number of rotatable bonds is 1. The summed E-state index contributed by atoms with van der Waals surface area (Å²) in [6, 6.07) is 11.3. The Morgan fingerprint density at radius 1 is 1.27 bits per heavy atom. The number of nitriles is 1. The molecule has 0 bridgehead atoms. The van der Waals surface area contributed by atoms with Crippen LogP contribution in [-0.4, -0.2) is 0 Å². The van der Waals surface area contributed by atoms with Gasteiger partial charge in [-0.25, -0.2) is 0 Å². The van der Waals surface area contributed by atoms with Gasteiger partial charge in [0.1, 0.15) is 0 Å². The number of fused-ring (bicyclic) bond motifs is 1. The van der Waals surface area contributed by atoms with Crippen molar-refractivity contribution in [2.24, 2.45) is 5.41 Å². The lowest BCUT2D eigenvalue weighted by Crippen LogP contribution is -2.18. The third-order valence-electron chi connectivity index (χ3n) is 4.05. The molecule has 0 radical (unpaired) electrons. The monoisotopic (exact) mass is 197 g/mol. The molecule has 1 aromatic rings. The van der Waals surface area contributed by atoms with Gasteiger partial charge in [0.05, 0.1) is 11.5 Å². The van der Waals surface area contributed by atoms with Crippen molar-refractivity contribution in [1.82, 2.24) is 0 Å². The average Bonchev–Trinajstić information content (AvgIpc) is 3.09. The minimum Gasteiger partial charge on any atom is -0.198 e. The zero-order chi connectivity index (χ0) is 10.3. The second-order valence-corrected chi connectivity index (χ2v) is 4.91. The van der Waals surface area contributed by atoms with Crippen molar-refractivity contribution in [2.45, 2.75) is 38.0 Å². The van der Waals surface area contributed by atoms with Crippen LogP contribution in [0.25, 0.3) is 0 Å². The summed E-state index contributed by atoms with van der Waals surface area (Å²) in [6.07, 6.45) is 5.90. The van der Waals surface area contributed by atoms with Gasteiger partial charge in [0.15, 0.2) is 0 Å². The van der Waals surface area contributed by atoms with Crippen LogP contribution in [0, 0.1) is 16.7 Å². The second-order valence-electron chi connectivity index (χ2n) is 4.91. The van der Waals surface area contributed by atoms with E-state index in [2.05, 4.69) is 30.3 Å². The highest BCUT2D eigenvalue weighted by Gasteiger charge is 2.51. The van der Waals surface area contributed by atoms with E-state index in [1.807, 2.05) is 0 Å². The lowest BCUT2D eigenvalue weighted by atomic mass is 9.74. The van der Waals surface area contributed by atoms with Gasteiger partial charge in [-0.15, -0.1) is 0 Å². The zero-order valence-electron chi connectivity index (χ0n) is 8.87. The highest BCUT2D eigenvalue weighted by atomic mass is 14.5. The first-order valence-electron chi connectivity index (χ1n) is 5.85. The molecule has 1 atom stereocenters. The average molecular weight is 197 g/mol. The van der Waals surface area contributed by atoms with Crippen LogP contribution in [0.1, 0.15) is 42.7 Å². The van der Waals surface area contributed by atoms with E-state index in [1.54, 1.807) is 0 Å². The van der Waals surface area contributed by atoms with Gasteiger partial charge in [-0.05, 0) is 43.2 Å². The molecule has 1 saturated carbocycles. The Hall–Kier alpha value is -1.29. The largest absolute Gasteiger partial charge is 0.198 e. The first-order valence-corrected chi connectivity index (χ1v) is 5.85. The maximum atomic E-state index is 9.28. The predicted molar refractivity (Wildman–Crippen MR) is 59.4 cm³/mol. The topological polar surface area (TPSA) is 23.8 Å². The van der Waals surface area contributed by atoms with E-state index < -0.39 is 0 Å². The van der Waals surface area contributed by atoms with Gasteiger partial charge in [0, 0.05) is 5.92 Å². The molecule has 1 unspecified atom stereocenters. The molecular weight excluding hydrogens is 182 g/mol. The SMILES string of the molecule is N#CC1(C2CCCc3ccccc32)CC1. The van der Waals surface area contributed by atoms with Crippen molar-refractivity contribution in [3.05, 3.63) is 35.4 Å². The Labute approximate surface area is 90.7 Å². The molecule has 0 saturated heterocycles. The molecule has 2 aliphatic rings. The maximum absolute atomic E-state index is 9.28. The molecule has 76 valence electrons. The summed E-state index contributed by atoms with van der Waals surface area (Å²) in [5.74, 6) is 0.521. The smallest absolute Gasteiger partial charge is 0.0696 e. The molecule has 1 nitrogen and oxygen atoms in total. The summed E-state index contributed by atoms with van der Waals surface area (Å²) in [7, 11) is 0. The van der Waals surface area contributed by atoms with E-state index in [0.29, 0.717) is 5.92 Å². The van der Waals surface area contributed by atoms with E-state index >= 15 is 0 Å². The summed E-state index contributed by atoms with van der Waals surface area (Å²) in [5.41, 5.74) is 2.95. The molecule has 0 spiro atoms. The van der Waals surface area contributed by atoms with E-state index in [4.69, 9.17) is 0 Å². The van der Waals surface area contributed by atoms with Crippen LogP contribution in [0.3, 0.4) is 0 Å². The van der Waals surface area contributed by atoms with Crippen molar-refractivity contribution < 1.29 is 0 Å². The normalized spacial score (nSPS) is 26.5.